The predicted molar refractivity (Wildman–Crippen MR) is 123 cm³/mol. The lowest BCUT2D eigenvalue weighted by molar-refractivity contribution is -0.138. The molecule has 0 aliphatic carbocycles. The highest BCUT2D eigenvalue weighted by atomic mass is 16.5. The van der Waals surface area contributed by atoms with Crippen LogP contribution in [0.25, 0.3) is 0 Å². The Bertz CT molecular complexity index is 963. The summed E-state index contributed by atoms with van der Waals surface area (Å²) in [5.41, 5.74) is 2.91. The molecule has 0 aromatic heterocycles. The number of amides is 3. The second-order valence-corrected chi connectivity index (χ2v) is 7.53. The van der Waals surface area contributed by atoms with Crippen LogP contribution in [0.4, 0.5) is 16.2 Å². The van der Waals surface area contributed by atoms with E-state index < -0.39 is 12.0 Å². The Labute approximate surface area is 187 Å². The van der Waals surface area contributed by atoms with Crippen LogP contribution in [0.15, 0.2) is 42.5 Å². The fourth-order valence-corrected chi connectivity index (χ4v) is 3.24. The Morgan fingerprint density at radius 1 is 1.09 bits per heavy atom. The van der Waals surface area contributed by atoms with E-state index >= 15 is 0 Å². The molecule has 0 radical (unpaired) electrons. The molecule has 2 aromatic carbocycles. The lowest BCUT2D eigenvalue weighted by Crippen LogP contribution is -2.32. The van der Waals surface area contributed by atoms with Crippen molar-refractivity contribution in [2.24, 2.45) is 0 Å². The average molecular weight is 443 g/mol. The molecule has 0 saturated heterocycles. The molecule has 1 unspecified atom stereocenters. The zero-order valence-electron chi connectivity index (χ0n) is 18.8. The van der Waals surface area contributed by atoms with E-state index in [4.69, 9.17) is 9.84 Å². The van der Waals surface area contributed by atoms with Gasteiger partial charge in [-0.1, -0.05) is 24.3 Å². The zero-order valence-corrected chi connectivity index (χ0v) is 18.8. The first-order valence-electron chi connectivity index (χ1n) is 10.2. The molecule has 0 bridgehead atoms. The molecule has 4 N–H and O–H groups in total. The van der Waals surface area contributed by atoms with Crippen molar-refractivity contribution in [3.05, 3.63) is 53.6 Å². The van der Waals surface area contributed by atoms with Gasteiger partial charge >= 0.3 is 12.0 Å². The second kappa shape index (κ2) is 11.7. The Kier molecular flexibility index (Phi) is 9.03. The number of benzene rings is 2. The molecular formula is C23H30N4O5. The van der Waals surface area contributed by atoms with E-state index in [9.17, 15) is 14.4 Å². The maximum atomic E-state index is 12.4. The van der Waals surface area contributed by atoms with Crippen molar-refractivity contribution < 1.29 is 24.2 Å². The minimum absolute atomic E-state index is 0.0883. The fourth-order valence-electron chi connectivity index (χ4n) is 3.24. The molecule has 172 valence electrons. The molecule has 9 nitrogen and oxygen atoms in total. The molecule has 0 aliphatic rings. The van der Waals surface area contributed by atoms with Crippen molar-refractivity contribution in [1.82, 2.24) is 10.2 Å². The van der Waals surface area contributed by atoms with Gasteiger partial charge in [-0.3, -0.25) is 14.5 Å². The molecular weight excluding hydrogens is 412 g/mol. The molecule has 9 heteroatoms. The van der Waals surface area contributed by atoms with Gasteiger partial charge in [0.1, 0.15) is 5.75 Å². The van der Waals surface area contributed by atoms with Crippen LogP contribution in [0.2, 0.25) is 0 Å². The van der Waals surface area contributed by atoms with Crippen molar-refractivity contribution in [1.29, 1.82) is 0 Å². The number of hydrogen-bond donors (Lipinski definition) is 4. The van der Waals surface area contributed by atoms with Crippen LogP contribution < -0.4 is 20.7 Å². The minimum atomic E-state index is -0.912. The van der Waals surface area contributed by atoms with E-state index in [1.165, 1.54) is 14.0 Å². The molecule has 32 heavy (non-hydrogen) atoms. The number of carbonyl (C=O) groups excluding carboxylic acids is 2. The third kappa shape index (κ3) is 7.59. The highest BCUT2D eigenvalue weighted by Gasteiger charge is 2.17. The number of ether oxygens (including phenoxy) is 1. The smallest absolute Gasteiger partial charge is 0.323 e. The van der Waals surface area contributed by atoms with Gasteiger partial charge in [-0.15, -0.1) is 0 Å². The number of nitrogens with one attached hydrogen (secondary N) is 3. The summed E-state index contributed by atoms with van der Waals surface area (Å²) < 4.78 is 5.45. The summed E-state index contributed by atoms with van der Waals surface area (Å²) in [7, 11) is 3.21. The van der Waals surface area contributed by atoms with Gasteiger partial charge in [0.15, 0.2) is 0 Å². The van der Waals surface area contributed by atoms with Gasteiger partial charge in [0.05, 0.1) is 25.4 Å². The maximum absolute atomic E-state index is 12.4. The molecule has 2 rings (SSSR count). The van der Waals surface area contributed by atoms with Gasteiger partial charge in [0.25, 0.3) is 0 Å². The minimum Gasteiger partial charge on any atom is -0.495 e. The van der Waals surface area contributed by atoms with E-state index in [1.54, 1.807) is 30.1 Å². The van der Waals surface area contributed by atoms with Crippen molar-refractivity contribution in [3.8, 4) is 5.75 Å². The first kappa shape index (κ1) is 24.7. The van der Waals surface area contributed by atoms with Gasteiger partial charge < -0.3 is 25.8 Å². The van der Waals surface area contributed by atoms with Gasteiger partial charge in [0.2, 0.25) is 5.91 Å². The summed E-state index contributed by atoms with van der Waals surface area (Å²) in [6.07, 6.45) is 0.507. The summed E-state index contributed by atoms with van der Waals surface area (Å²) in [6, 6.07) is 12.0. The highest BCUT2D eigenvalue weighted by Crippen LogP contribution is 2.30. The van der Waals surface area contributed by atoms with E-state index in [0.717, 1.165) is 11.1 Å². The van der Waals surface area contributed by atoms with Crippen molar-refractivity contribution >= 4 is 29.3 Å². The first-order valence-corrected chi connectivity index (χ1v) is 10.2. The summed E-state index contributed by atoms with van der Waals surface area (Å²) in [5.74, 6) is -0.670. The van der Waals surface area contributed by atoms with Crippen LogP contribution in [0.3, 0.4) is 0 Å². The predicted octanol–water partition coefficient (Wildman–Crippen LogP) is 3.23. The number of carbonyl (C=O) groups is 3. The number of hydrogen-bond acceptors (Lipinski definition) is 5. The second-order valence-electron chi connectivity index (χ2n) is 7.53. The molecule has 0 spiro atoms. The molecule has 0 fully saturated rings. The Hall–Kier alpha value is -3.59. The van der Waals surface area contributed by atoms with E-state index in [0.29, 0.717) is 30.1 Å². The topological polar surface area (TPSA) is 120 Å². The molecule has 1 atom stereocenters. The molecule has 0 aliphatic heterocycles. The summed E-state index contributed by atoms with van der Waals surface area (Å²) in [6.45, 7) is 3.71. The largest absolute Gasteiger partial charge is 0.495 e. The quantitative estimate of drug-likeness (QED) is 0.448. The van der Waals surface area contributed by atoms with E-state index in [2.05, 4.69) is 16.0 Å². The number of nitrogens with zero attached hydrogens (tertiary/aromatic N) is 1. The number of methoxy groups -OCH3 is 1. The summed E-state index contributed by atoms with van der Waals surface area (Å²) in [5, 5.41) is 17.4. The fraction of sp³-hybridized carbons (Fsp3) is 0.348. The molecule has 0 heterocycles. The standard InChI is InChI=1S/C23H30N4O5/c1-15-7-5-6-8-18(15)25-23(31)26-20-10-9-17(13-21(20)32-4)19(24-16(2)28)11-12-27(3)14-22(29)30/h5-10,13,19H,11-12,14H2,1-4H3,(H,24,28)(H,29,30)(H2,25,26,31). The number of likely N-dealkylation sites (N-methyl/N-ethyl adjacent to an activating group) is 1. The number of carboxylic acids is 1. The number of aliphatic carboxylic acids is 1. The monoisotopic (exact) mass is 442 g/mol. The lowest BCUT2D eigenvalue weighted by atomic mass is 10.0. The van der Waals surface area contributed by atoms with Crippen molar-refractivity contribution in [3.63, 3.8) is 0 Å². The number of anilines is 2. The van der Waals surface area contributed by atoms with Crippen LogP contribution in [-0.2, 0) is 9.59 Å². The summed E-state index contributed by atoms with van der Waals surface area (Å²) in [4.78, 5) is 36.7. The molecule has 0 saturated carbocycles. The zero-order chi connectivity index (χ0) is 23.7. The van der Waals surface area contributed by atoms with E-state index in [-0.39, 0.29) is 18.5 Å². The number of carboxylic acid groups (broad SMARTS) is 1. The van der Waals surface area contributed by atoms with Crippen LogP contribution in [-0.4, -0.2) is 55.2 Å². The van der Waals surface area contributed by atoms with Crippen LogP contribution in [0, 0.1) is 6.92 Å². The highest BCUT2D eigenvalue weighted by molar-refractivity contribution is 6.01. The van der Waals surface area contributed by atoms with Crippen LogP contribution in [0.1, 0.15) is 30.5 Å². The Balaban J connectivity index is 2.14. The van der Waals surface area contributed by atoms with Gasteiger partial charge in [-0.25, -0.2) is 4.79 Å². The molecule has 3 amide bonds. The van der Waals surface area contributed by atoms with Gasteiger partial charge in [0, 0.05) is 19.2 Å². The van der Waals surface area contributed by atoms with Crippen LogP contribution >= 0.6 is 0 Å². The average Bonchev–Trinajstić information content (AvgIpc) is 2.72. The van der Waals surface area contributed by atoms with Gasteiger partial charge in [-0.05, 0) is 49.7 Å². The van der Waals surface area contributed by atoms with Crippen LogP contribution in [0.5, 0.6) is 5.75 Å². The van der Waals surface area contributed by atoms with Crippen molar-refractivity contribution in [2.75, 3.05) is 37.9 Å². The van der Waals surface area contributed by atoms with E-state index in [1.807, 2.05) is 31.2 Å². The Morgan fingerprint density at radius 2 is 1.78 bits per heavy atom. The maximum Gasteiger partial charge on any atom is 0.323 e. The normalized spacial score (nSPS) is 11.5. The third-order valence-corrected chi connectivity index (χ3v) is 4.85. The number of rotatable bonds is 10. The van der Waals surface area contributed by atoms with Crippen molar-refractivity contribution in [2.45, 2.75) is 26.3 Å². The SMILES string of the molecule is COc1cc(C(CCN(C)CC(=O)O)NC(C)=O)ccc1NC(=O)Nc1ccccc1C. The van der Waals surface area contributed by atoms with Gasteiger partial charge in [-0.2, -0.15) is 0 Å². The first-order chi connectivity index (χ1) is 15.2. The molecule has 2 aromatic rings. The number of urea groups is 1. The number of aryl methyl sites for hydroxylation is 1. The Morgan fingerprint density at radius 3 is 2.41 bits per heavy atom. The third-order valence-electron chi connectivity index (χ3n) is 4.85. The lowest BCUT2D eigenvalue weighted by Gasteiger charge is -2.23. The summed E-state index contributed by atoms with van der Waals surface area (Å²) >= 11 is 0. The number of para-hydroxylation sites is 1.